The first-order chi connectivity index (χ1) is 12.4. The van der Waals surface area contributed by atoms with Gasteiger partial charge < -0.3 is 5.73 Å². The summed E-state index contributed by atoms with van der Waals surface area (Å²) in [6, 6.07) is 15.1. The van der Waals surface area contributed by atoms with Crippen molar-refractivity contribution < 1.29 is 0 Å². The molecule has 1 aliphatic carbocycles. The number of nitrogen functional groups attached to an aromatic ring is 1. The molecule has 0 unspecified atom stereocenters. The number of aliphatic imine (C=N–C) groups is 1. The van der Waals surface area contributed by atoms with E-state index >= 15 is 0 Å². The standard InChI is InChI=1S/C23H24N2Si/c1-15-7-5-6-8-18(15)23-19-11-9-16(24)13-21(19)26(3,4)22-14-17(25-2)10-12-20(22)23/h5-14H,24H2,1-4H3. The number of aryl methyl sites for hydroxylation is 1. The summed E-state index contributed by atoms with van der Waals surface area (Å²) in [7, 11) is -0.00560. The molecule has 0 atom stereocenters. The minimum absolute atomic E-state index is 0.841. The van der Waals surface area contributed by atoms with Gasteiger partial charge >= 0.3 is 0 Å². The van der Waals surface area contributed by atoms with Gasteiger partial charge in [-0.3, -0.25) is 4.99 Å². The largest absolute Gasteiger partial charge is 0.399 e. The molecule has 2 aliphatic rings. The van der Waals surface area contributed by atoms with Gasteiger partial charge in [-0.05, 0) is 69.4 Å². The Bertz CT molecular complexity index is 1040. The van der Waals surface area contributed by atoms with E-state index in [4.69, 9.17) is 5.73 Å². The highest BCUT2D eigenvalue weighted by Crippen LogP contribution is 2.42. The van der Waals surface area contributed by atoms with Crippen LogP contribution in [0.1, 0.15) is 16.7 Å². The first-order valence-corrected chi connectivity index (χ1v) is 12.0. The van der Waals surface area contributed by atoms with E-state index in [0.29, 0.717) is 0 Å². The molecule has 130 valence electrons. The summed E-state index contributed by atoms with van der Waals surface area (Å²) in [5.41, 5.74) is 14.7. The first-order valence-electron chi connectivity index (χ1n) is 9.01. The molecule has 3 heteroatoms. The van der Waals surface area contributed by atoms with E-state index < -0.39 is 8.07 Å². The molecule has 0 fully saturated rings. The predicted octanol–water partition coefficient (Wildman–Crippen LogP) is 4.41. The lowest BCUT2D eigenvalue weighted by Crippen LogP contribution is -2.49. The Morgan fingerprint density at radius 3 is 2.46 bits per heavy atom. The van der Waals surface area contributed by atoms with Crippen molar-refractivity contribution >= 4 is 30.2 Å². The molecule has 0 saturated heterocycles. The van der Waals surface area contributed by atoms with E-state index in [1.807, 2.05) is 13.1 Å². The number of nitrogens with zero attached hydrogens (tertiary/aromatic N) is 1. The molecule has 1 aliphatic heterocycles. The van der Waals surface area contributed by atoms with Crippen molar-refractivity contribution in [2.75, 3.05) is 12.8 Å². The van der Waals surface area contributed by atoms with Crippen LogP contribution in [0.3, 0.4) is 0 Å². The molecule has 2 aromatic carbocycles. The molecule has 0 saturated carbocycles. The van der Waals surface area contributed by atoms with Crippen LogP contribution in [0, 0.1) is 6.92 Å². The number of anilines is 1. The summed E-state index contributed by atoms with van der Waals surface area (Å²) in [5, 5.41) is 2.86. The van der Waals surface area contributed by atoms with Gasteiger partial charge in [0.1, 0.15) is 8.07 Å². The van der Waals surface area contributed by atoms with Gasteiger partial charge in [-0.1, -0.05) is 49.5 Å². The van der Waals surface area contributed by atoms with E-state index in [0.717, 1.165) is 11.4 Å². The van der Waals surface area contributed by atoms with E-state index in [1.54, 1.807) is 0 Å². The summed E-state index contributed by atoms with van der Waals surface area (Å²) in [6.07, 6.45) is 6.67. The lowest BCUT2D eigenvalue weighted by atomic mass is 9.87. The SMILES string of the molecule is CN=C1C=CC2=C(c3ccccc3C)c3ccc(N)cc3[Si](C)(C)C2=C1. The number of allylic oxidation sites excluding steroid dienone is 5. The van der Waals surface area contributed by atoms with Crippen molar-refractivity contribution in [2.45, 2.75) is 20.0 Å². The van der Waals surface area contributed by atoms with Crippen LogP contribution in [-0.4, -0.2) is 20.8 Å². The van der Waals surface area contributed by atoms with Crippen LogP contribution in [0.15, 0.2) is 76.5 Å². The van der Waals surface area contributed by atoms with Gasteiger partial charge in [0.2, 0.25) is 0 Å². The van der Waals surface area contributed by atoms with Crippen molar-refractivity contribution in [1.82, 2.24) is 0 Å². The Labute approximate surface area is 156 Å². The zero-order chi connectivity index (χ0) is 18.5. The summed E-state index contributed by atoms with van der Waals surface area (Å²) in [6.45, 7) is 7.02. The molecule has 0 bridgehead atoms. The molecule has 0 amide bonds. The monoisotopic (exact) mass is 356 g/mol. The number of hydrogen-bond acceptors (Lipinski definition) is 2. The summed E-state index contributed by atoms with van der Waals surface area (Å²) in [4.78, 5) is 4.42. The van der Waals surface area contributed by atoms with Crippen molar-refractivity contribution in [2.24, 2.45) is 4.99 Å². The molecule has 0 aromatic heterocycles. The van der Waals surface area contributed by atoms with Crippen LogP contribution in [0.2, 0.25) is 13.1 Å². The number of hydrogen-bond donors (Lipinski definition) is 1. The van der Waals surface area contributed by atoms with Gasteiger partial charge in [-0.2, -0.15) is 0 Å². The molecule has 0 radical (unpaired) electrons. The average molecular weight is 357 g/mol. The zero-order valence-corrected chi connectivity index (χ0v) is 16.8. The van der Waals surface area contributed by atoms with Crippen molar-refractivity contribution in [3.05, 3.63) is 88.2 Å². The fraction of sp³-hybridized carbons (Fsp3) is 0.174. The molecule has 4 rings (SSSR count). The van der Waals surface area contributed by atoms with Gasteiger partial charge in [-0.25, -0.2) is 0 Å². The molecule has 2 aromatic rings. The van der Waals surface area contributed by atoms with Gasteiger partial charge in [0.05, 0.1) is 5.71 Å². The summed E-state index contributed by atoms with van der Waals surface area (Å²) in [5.74, 6) is 0. The van der Waals surface area contributed by atoms with Crippen LogP contribution < -0.4 is 10.9 Å². The normalized spacial score (nSPS) is 19.2. The van der Waals surface area contributed by atoms with Crippen LogP contribution in [0.25, 0.3) is 5.57 Å². The highest BCUT2D eigenvalue weighted by Gasteiger charge is 2.39. The smallest absolute Gasteiger partial charge is 0.114 e. The molecular formula is C23H24N2Si. The highest BCUT2D eigenvalue weighted by molar-refractivity contribution is 6.98. The predicted molar refractivity (Wildman–Crippen MR) is 116 cm³/mol. The number of benzene rings is 2. The zero-order valence-electron chi connectivity index (χ0n) is 15.8. The third-order valence-corrected chi connectivity index (χ3v) is 9.13. The second kappa shape index (κ2) is 5.96. The fourth-order valence-electron chi connectivity index (χ4n) is 4.14. The first kappa shape index (κ1) is 16.8. The minimum atomic E-state index is -1.86. The Morgan fingerprint density at radius 1 is 0.962 bits per heavy atom. The lowest BCUT2D eigenvalue weighted by molar-refractivity contribution is 1.38. The maximum absolute atomic E-state index is 6.19. The Kier molecular flexibility index (Phi) is 3.85. The Hall–Kier alpha value is -2.65. The van der Waals surface area contributed by atoms with E-state index in [1.165, 1.54) is 38.2 Å². The maximum Gasteiger partial charge on any atom is 0.114 e. The van der Waals surface area contributed by atoms with Gasteiger partial charge in [0, 0.05) is 12.7 Å². The van der Waals surface area contributed by atoms with Crippen LogP contribution in [0.4, 0.5) is 5.69 Å². The van der Waals surface area contributed by atoms with Crippen molar-refractivity contribution in [3.8, 4) is 0 Å². The second-order valence-electron chi connectivity index (χ2n) is 7.57. The van der Waals surface area contributed by atoms with Crippen LogP contribution >= 0.6 is 0 Å². The van der Waals surface area contributed by atoms with E-state index in [9.17, 15) is 0 Å². The van der Waals surface area contributed by atoms with Crippen LogP contribution in [0.5, 0.6) is 0 Å². The van der Waals surface area contributed by atoms with E-state index in [-0.39, 0.29) is 0 Å². The molecule has 0 spiro atoms. The second-order valence-corrected chi connectivity index (χ2v) is 11.9. The Balaban J connectivity index is 2.13. The molecule has 2 nitrogen and oxygen atoms in total. The average Bonchev–Trinajstić information content (AvgIpc) is 2.63. The number of rotatable bonds is 1. The molecule has 26 heavy (non-hydrogen) atoms. The Morgan fingerprint density at radius 2 is 1.73 bits per heavy atom. The van der Waals surface area contributed by atoms with Crippen molar-refractivity contribution in [3.63, 3.8) is 0 Å². The van der Waals surface area contributed by atoms with Gasteiger partial charge in [-0.15, -0.1) is 0 Å². The van der Waals surface area contributed by atoms with Gasteiger partial charge in [0.25, 0.3) is 0 Å². The minimum Gasteiger partial charge on any atom is -0.399 e. The fourth-order valence-corrected chi connectivity index (χ4v) is 7.23. The molecule has 2 N–H and O–H groups in total. The molecular weight excluding hydrogens is 332 g/mol. The highest BCUT2D eigenvalue weighted by atomic mass is 28.3. The summed E-state index contributed by atoms with van der Waals surface area (Å²) >= 11 is 0. The lowest BCUT2D eigenvalue weighted by Gasteiger charge is -2.38. The third-order valence-electron chi connectivity index (χ3n) is 5.60. The number of nitrogens with two attached hydrogens (primary N) is 1. The van der Waals surface area contributed by atoms with Gasteiger partial charge in [0.15, 0.2) is 0 Å². The maximum atomic E-state index is 6.19. The summed E-state index contributed by atoms with van der Waals surface area (Å²) < 4.78 is 0. The van der Waals surface area contributed by atoms with Crippen LogP contribution in [-0.2, 0) is 0 Å². The number of fused-ring (bicyclic) bond motifs is 2. The topological polar surface area (TPSA) is 38.4 Å². The van der Waals surface area contributed by atoms with Crippen molar-refractivity contribution in [1.29, 1.82) is 0 Å². The third kappa shape index (κ3) is 2.43. The van der Waals surface area contributed by atoms with E-state index in [2.05, 4.69) is 79.6 Å². The molecule has 1 heterocycles. The quantitative estimate of drug-likeness (QED) is 0.596.